The van der Waals surface area contributed by atoms with Gasteiger partial charge in [-0.25, -0.2) is 9.87 Å². The molecule has 1 aromatic carbocycles. The third-order valence-corrected chi connectivity index (χ3v) is 2.69. The second-order valence-corrected chi connectivity index (χ2v) is 4.00. The first kappa shape index (κ1) is 12.0. The number of amides is 1. The van der Waals surface area contributed by atoms with Gasteiger partial charge in [-0.1, -0.05) is 12.1 Å². The minimum absolute atomic E-state index is 0.00345. The highest BCUT2D eigenvalue weighted by Crippen LogP contribution is 2.08. The van der Waals surface area contributed by atoms with Gasteiger partial charge < -0.3 is 5.32 Å². The van der Waals surface area contributed by atoms with E-state index in [1.54, 1.807) is 6.07 Å². The molecule has 4 nitrogen and oxygen atoms in total. The van der Waals surface area contributed by atoms with Gasteiger partial charge in [-0.15, -0.1) is 0 Å². The number of carbonyl (C=O) groups is 1. The van der Waals surface area contributed by atoms with E-state index in [9.17, 15) is 9.18 Å². The molecule has 1 saturated heterocycles. The van der Waals surface area contributed by atoms with Crippen LogP contribution in [0.4, 0.5) is 4.39 Å². The number of benzene rings is 1. The summed E-state index contributed by atoms with van der Waals surface area (Å²) < 4.78 is 13.3. The average Bonchev–Trinajstić information content (AvgIpc) is 2.38. The molecule has 1 aliphatic heterocycles. The lowest BCUT2D eigenvalue weighted by Gasteiger charge is -2.22. The van der Waals surface area contributed by atoms with E-state index >= 15 is 0 Å². The van der Waals surface area contributed by atoms with E-state index in [0.717, 1.165) is 19.4 Å². The number of carbonyl (C=O) groups excluding carboxylic acids is 1. The molecule has 0 aliphatic carbocycles. The van der Waals surface area contributed by atoms with Crippen LogP contribution < -0.4 is 10.8 Å². The average molecular weight is 238 g/mol. The molecule has 0 bridgehead atoms. The summed E-state index contributed by atoms with van der Waals surface area (Å²) in [6, 6.07) is 5.82. The quantitative estimate of drug-likeness (QED) is 0.779. The van der Waals surface area contributed by atoms with Gasteiger partial charge in [0.05, 0.1) is 11.7 Å². The van der Waals surface area contributed by atoms with Crippen LogP contribution in [0.2, 0.25) is 0 Å². The molecule has 1 aliphatic rings. The largest absolute Gasteiger partial charge is 0.314 e. The zero-order chi connectivity index (χ0) is 12.1. The van der Waals surface area contributed by atoms with E-state index in [1.165, 1.54) is 18.2 Å². The summed E-state index contributed by atoms with van der Waals surface area (Å²) in [6.07, 6.45) is 1.87. The predicted octanol–water partition coefficient (Wildman–Crippen LogP) is 1.24. The van der Waals surface area contributed by atoms with Crippen molar-refractivity contribution in [1.29, 1.82) is 0 Å². The van der Waals surface area contributed by atoms with E-state index in [1.807, 2.05) is 0 Å². The van der Waals surface area contributed by atoms with E-state index in [0.29, 0.717) is 6.54 Å². The maximum absolute atomic E-state index is 13.3. The summed E-state index contributed by atoms with van der Waals surface area (Å²) in [4.78, 5) is 16.8. The Bertz CT molecular complexity index is 392. The Kier molecular flexibility index (Phi) is 4.06. The van der Waals surface area contributed by atoms with Crippen LogP contribution in [0, 0.1) is 5.82 Å². The molecular weight excluding hydrogens is 223 g/mol. The van der Waals surface area contributed by atoms with Gasteiger partial charge in [0.15, 0.2) is 0 Å². The number of hydrogen-bond acceptors (Lipinski definition) is 3. The van der Waals surface area contributed by atoms with Crippen LogP contribution in [0.25, 0.3) is 0 Å². The molecule has 1 amide bonds. The normalized spacial score (nSPS) is 19.9. The first-order valence-corrected chi connectivity index (χ1v) is 5.68. The zero-order valence-corrected chi connectivity index (χ0v) is 9.41. The Labute approximate surface area is 99.1 Å². The van der Waals surface area contributed by atoms with Gasteiger partial charge in [0, 0.05) is 6.54 Å². The lowest BCUT2D eigenvalue weighted by molar-refractivity contribution is -0.0252. The molecule has 2 N–H and O–H groups in total. The molecule has 0 radical (unpaired) electrons. The highest BCUT2D eigenvalue weighted by atomic mass is 19.1. The number of halogens is 1. The maximum atomic E-state index is 13.3. The van der Waals surface area contributed by atoms with E-state index in [4.69, 9.17) is 4.84 Å². The van der Waals surface area contributed by atoms with Crippen LogP contribution in [0.3, 0.4) is 0 Å². The van der Waals surface area contributed by atoms with Gasteiger partial charge in [0.2, 0.25) is 0 Å². The molecule has 0 aromatic heterocycles. The number of nitrogens with one attached hydrogen (secondary N) is 2. The Morgan fingerprint density at radius 2 is 2.29 bits per heavy atom. The van der Waals surface area contributed by atoms with Gasteiger partial charge >= 0.3 is 0 Å². The molecule has 1 aromatic rings. The summed E-state index contributed by atoms with van der Waals surface area (Å²) in [6.45, 7) is 1.68. The van der Waals surface area contributed by atoms with Gasteiger partial charge in [-0.05, 0) is 31.5 Å². The van der Waals surface area contributed by atoms with Crippen molar-refractivity contribution in [2.45, 2.75) is 18.9 Å². The van der Waals surface area contributed by atoms with E-state index in [2.05, 4.69) is 10.8 Å². The van der Waals surface area contributed by atoms with Crippen molar-refractivity contribution in [1.82, 2.24) is 10.8 Å². The van der Waals surface area contributed by atoms with E-state index < -0.39 is 11.7 Å². The fourth-order valence-electron chi connectivity index (χ4n) is 1.76. The number of rotatable bonds is 3. The molecule has 5 heteroatoms. The highest BCUT2D eigenvalue weighted by Gasteiger charge is 2.16. The van der Waals surface area contributed by atoms with Crippen molar-refractivity contribution in [3.63, 3.8) is 0 Å². The summed E-state index contributed by atoms with van der Waals surface area (Å²) in [7, 11) is 0. The lowest BCUT2D eigenvalue weighted by atomic mass is 10.1. The third-order valence-electron chi connectivity index (χ3n) is 2.69. The summed E-state index contributed by atoms with van der Waals surface area (Å²) in [5.74, 6) is -1.09. The van der Waals surface area contributed by atoms with Crippen molar-refractivity contribution >= 4 is 5.91 Å². The molecule has 0 saturated carbocycles. The van der Waals surface area contributed by atoms with Crippen molar-refractivity contribution in [3.05, 3.63) is 35.6 Å². The lowest BCUT2D eigenvalue weighted by Crippen LogP contribution is -2.40. The number of hydrogen-bond donors (Lipinski definition) is 2. The standard InChI is InChI=1S/C12H15FN2O2/c13-11-6-2-1-5-10(11)12(16)15-17-9-4-3-7-14-8-9/h1-2,5-6,9,14H,3-4,7-8H2,(H,15,16). The van der Waals surface area contributed by atoms with Gasteiger partial charge in [0.1, 0.15) is 5.82 Å². The minimum atomic E-state index is -0.548. The van der Waals surface area contributed by atoms with Crippen LogP contribution in [0.5, 0.6) is 0 Å². The van der Waals surface area contributed by atoms with Crippen LogP contribution in [0.1, 0.15) is 23.2 Å². The summed E-state index contributed by atoms with van der Waals surface area (Å²) in [5.41, 5.74) is 2.29. The smallest absolute Gasteiger partial charge is 0.277 e. The summed E-state index contributed by atoms with van der Waals surface area (Å²) in [5, 5.41) is 3.16. The monoisotopic (exact) mass is 238 g/mol. The van der Waals surface area contributed by atoms with Crippen LogP contribution in [0.15, 0.2) is 24.3 Å². The minimum Gasteiger partial charge on any atom is -0.314 e. The highest BCUT2D eigenvalue weighted by molar-refractivity contribution is 5.93. The van der Waals surface area contributed by atoms with Gasteiger partial charge in [0.25, 0.3) is 5.91 Å². The molecule has 92 valence electrons. The van der Waals surface area contributed by atoms with Crippen LogP contribution >= 0.6 is 0 Å². The molecule has 1 unspecified atom stereocenters. The molecule has 17 heavy (non-hydrogen) atoms. The number of hydroxylamine groups is 1. The molecule has 1 atom stereocenters. The molecule has 0 spiro atoms. The Morgan fingerprint density at radius 1 is 1.47 bits per heavy atom. The second-order valence-electron chi connectivity index (χ2n) is 4.00. The number of piperidine rings is 1. The first-order valence-electron chi connectivity index (χ1n) is 5.68. The predicted molar refractivity (Wildman–Crippen MR) is 60.8 cm³/mol. The van der Waals surface area contributed by atoms with Crippen molar-refractivity contribution in [2.24, 2.45) is 0 Å². The van der Waals surface area contributed by atoms with Crippen LogP contribution in [-0.2, 0) is 4.84 Å². The van der Waals surface area contributed by atoms with Gasteiger partial charge in [-0.3, -0.25) is 9.63 Å². The SMILES string of the molecule is O=C(NOC1CCCNC1)c1ccccc1F. The van der Waals surface area contributed by atoms with Crippen molar-refractivity contribution < 1.29 is 14.0 Å². The van der Waals surface area contributed by atoms with Gasteiger partial charge in [-0.2, -0.15) is 0 Å². The Morgan fingerprint density at radius 3 is 3.00 bits per heavy atom. The zero-order valence-electron chi connectivity index (χ0n) is 9.41. The van der Waals surface area contributed by atoms with Crippen molar-refractivity contribution in [3.8, 4) is 0 Å². The van der Waals surface area contributed by atoms with E-state index in [-0.39, 0.29) is 11.7 Å². The molecule has 2 rings (SSSR count). The fourth-order valence-corrected chi connectivity index (χ4v) is 1.76. The molecule has 1 heterocycles. The second kappa shape index (κ2) is 5.75. The summed E-state index contributed by atoms with van der Waals surface area (Å²) >= 11 is 0. The Hall–Kier alpha value is -1.46. The third kappa shape index (κ3) is 3.25. The first-order chi connectivity index (χ1) is 8.27. The molecular formula is C12H15FN2O2. The van der Waals surface area contributed by atoms with Crippen molar-refractivity contribution in [2.75, 3.05) is 13.1 Å². The van der Waals surface area contributed by atoms with Crippen LogP contribution in [-0.4, -0.2) is 25.1 Å². The topological polar surface area (TPSA) is 50.4 Å². The Balaban J connectivity index is 1.87. The maximum Gasteiger partial charge on any atom is 0.277 e. The molecule has 1 fully saturated rings. The fraction of sp³-hybridized carbons (Fsp3) is 0.417.